The lowest BCUT2D eigenvalue weighted by molar-refractivity contribution is -0.140. The maximum Gasteiger partial charge on any atom is 0.314 e. The van der Waals surface area contributed by atoms with Crippen molar-refractivity contribution in [1.82, 2.24) is 0 Å². The van der Waals surface area contributed by atoms with Gasteiger partial charge in [0, 0.05) is 5.56 Å². The predicted octanol–water partition coefficient (Wildman–Crippen LogP) is 27.6. The van der Waals surface area contributed by atoms with Gasteiger partial charge in [0.05, 0.1) is 5.92 Å². The van der Waals surface area contributed by atoms with Crippen molar-refractivity contribution in [2.24, 2.45) is 71.0 Å². The van der Waals surface area contributed by atoms with Gasteiger partial charge >= 0.3 is 5.97 Å². The molecular formula is C92H131FO2. The summed E-state index contributed by atoms with van der Waals surface area (Å²) in [4.78, 5) is 12.8. The first-order chi connectivity index (χ1) is 46.5. The molecule has 0 bridgehead atoms. The normalized spacial score (nSPS) is 28.5. The highest BCUT2D eigenvalue weighted by Crippen LogP contribution is 2.47. The maximum absolute atomic E-state index is 14.6. The highest BCUT2D eigenvalue weighted by molar-refractivity contribution is 5.75. The van der Waals surface area contributed by atoms with Crippen LogP contribution in [0.15, 0.2) is 141 Å². The largest absolute Gasteiger partial charge is 0.426 e. The number of aryl methyl sites for hydroxylation is 3. The van der Waals surface area contributed by atoms with Crippen molar-refractivity contribution in [3.05, 3.63) is 174 Å². The van der Waals surface area contributed by atoms with Gasteiger partial charge in [0.15, 0.2) is 0 Å². The van der Waals surface area contributed by atoms with E-state index in [0.717, 1.165) is 126 Å². The van der Waals surface area contributed by atoms with Gasteiger partial charge in [-0.25, -0.2) is 4.39 Å². The van der Waals surface area contributed by atoms with Gasteiger partial charge in [-0.05, 0) is 308 Å². The summed E-state index contributed by atoms with van der Waals surface area (Å²) in [6, 6.07) is 39.8. The van der Waals surface area contributed by atoms with Gasteiger partial charge in [0.1, 0.15) is 11.6 Å². The molecule has 5 aromatic carbocycles. The molecule has 0 aromatic heterocycles. The van der Waals surface area contributed by atoms with E-state index in [1.165, 1.54) is 228 Å². The zero-order chi connectivity index (χ0) is 66.7. The average Bonchev–Trinajstić information content (AvgIpc) is 0.992. The van der Waals surface area contributed by atoms with Crippen molar-refractivity contribution in [3.63, 3.8) is 0 Å². The summed E-state index contributed by atoms with van der Waals surface area (Å²) < 4.78 is 20.4. The Morgan fingerprint density at radius 2 is 0.779 bits per heavy atom. The summed E-state index contributed by atoms with van der Waals surface area (Å²) in [6.07, 6.45) is 54.9. The zero-order valence-electron chi connectivity index (χ0n) is 61.0. The van der Waals surface area contributed by atoms with E-state index >= 15 is 0 Å². The second kappa shape index (κ2) is 39.5. The van der Waals surface area contributed by atoms with E-state index in [9.17, 15) is 9.18 Å². The standard InChI is InChI=1S/C31H48O2.C23H23F.C21H30.C17H30/c1-3-5-23-7-11-25(12-8-23)27-15-17-29(18-16-27)31(32)33-30-21-19-28(20-22-30)26-13-9-24(6-4-2)10-14-26;1-3-5-18-8-12-20(13-9-18)22-15-14-21(16-23(22)24)19-10-6-17(4-2)7-11-19;1-3-17-6-10-19(11-7-17)21-14-12-20(13-15-21)18-8-4-16(2)5-9-18;1-3-5-15-8-12-17(13-9-15)16-10-6-14(4-2)7-11-16/h19-27,29H,3-18H2,1-2H3;6-16H,3-5H2,1-2H3;3-5,8-9,17,19-21H,1,6-7,10-15H2,2H3;4,14-17H,2-3,5-13H2,1H3. The van der Waals surface area contributed by atoms with Crippen LogP contribution in [0.3, 0.4) is 0 Å². The topological polar surface area (TPSA) is 26.3 Å². The molecule has 0 amide bonds. The maximum atomic E-state index is 14.6. The number of hydrogen-bond donors (Lipinski definition) is 0. The lowest BCUT2D eigenvalue weighted by atomic mass is 9.68. The number of allylic oxidation sites excluding steroid dienone is 2. The predicted molar refractivity (Wildman–Crippen MR) is 406 cm³/mol. The van der Waals surface area contributed by atoms with E-state index in [0.29, 0.717) is 11.5 Å². The Morgan fingerprint density at radius 3 is 1.19 bits per heavy atom. The van der Waals surface area contributed by atoms with Crippen LogP contribution < -0.4 is 4.74 Å². The fraction of sp³-hybridized carbons (Fsp3) is 0.620. The van der Waals surface area contributed by atoms with Crippen LogP contribution in [0.4, 0.5) is 4.39 Å². The minimum Gasteiger partial charge on any atom is -0.426 e. The second-order valence-corrected chi connectivity index (χ2v) is 31.8. The molecular weight excluding hydrogens is 1160 g/mol. The van der Waals surface area contributed by atoms with Crippen molar-refractivity contribution >= 4 is 5.97 Å². The molecule has 95 heavy (non-hydrogen) atoms. The molecule has 0 spiro atoms. The van der Waals surface area contributed by atoms with Crippen molar-refractivity contribution in [2.75, 3.05) is 0 Å². The van der Waals surface area contributed by atoms with Gasteiger partial charge in [-0.3, -0.25) is 4.79 Å². The Labute approximate surface area is 580 Å². The van der Waals surface area contributed by atoms with E-state index in [4.69, 9.17) is 4.74 Å². The third-order valence-corrected chi connectivity index (χ3v) is 25.5. The molecule has 0 N–H and O–H groups in total. The summed E-state index contributed by atoms with van der Waals surface area (Å²) >= 11 is 0. The highest BCUT2D eigenvalue weighted by atomic mass is 19.1. The SMILES string of the molecule is C=CC1CCC(C2CCC(CCC)CC2)CC1.C=CC1CCC(C2CCC(c3ccc(C)cc3)CC2)CC1.CCCC1CCC(c2ccc(OC(=O)C3CCC(C4CCC(CCC)CC4)CC3)cc2)CC1.CCCc1ccc(-c2ccc(-c3ccc(CC)cc3)cc2F)cc1. The summed E-state index contributed by atoms with van der Waals surface area (Å²) in [6.45, 7) is 21.4. The lowest BCUT2D eigenvalue weighted by Crippen LogP contribution is -2.30. The number of ether oxygens (including phenoxy) is 1. The number of hydrogen-bond acceptors (Lipinski definition) is 2. The molecule has 3 heteroatoms. The number of halogens is 1. The molecule has 2 nitrogen and oxygen atoms in total. The summed E-state index contributed by atoms with van der Waals surface area (Å²) in [7, 11) is 0. The fourth-order valence-electron chi connectivity index (χ4n) is 19.2. The van der Waals surface area contributed by atoms with Gasteiger partial charge in [-0.2, -0.15) is 0 Å². The van der Waals surface area contributed by atoms with Crippen LogP contribution in [0.1, 0.15) is 299 Å². The molecule has 7 saturated carbocycles. The molecule has 12 rings (SSSR count). The Bertz CT molecular complexity index is 2930. The van der Waals surface area contributed by atoms with Crippen LogP contribution in [-0.2, 0) is 17.6 Å². The summed E-state index contributed by atoms with van der Waals surface area (Å²) in [5.41, 5.74) is 10.5. The Balaban J connectivity index is 0.000000153. The van der Waals surface area contributed by atoms with Crippen molar-refractivity contribution < 1.29 is 13.9 Å². The summed E-state index contributed by atoms with van der Waals surface area (Å²) in [5, 5.41) is 0. The minimum absolute atomic E-state index is 0.00734. The minimum atomic E-state index is -0.171. The zero-order valence-corrected chi connectivity index (χ0v) is 61.0. The van der Waals surface area contributed by atoms with E-state index in [2.05, 4.69) is 140 Å². The number of esters is 1. The van der Waals surface area contributed by atoms with Crippen molar-refractivity contribution in [1.29, 1.82) is 0 Å². The third-order valence-electron chi connectivity index (χ3n) is 25.5. The van der Waals surface area contributed by atoms with E-state index in [1.807, 2.05) is 36.4 Å². The molecule has 5 aromatic rings. The molecule has 0 atom stereocenters. The number of carbonyl (C=O) groups is 1. The highest BCUT2D eigenvalue weighted by Gasteiger charge is 2.35. The van der Waals surface area contributed by atoms with Crippen LogP contribution in [0.2, 0.25) is 0 Å². The molecule has 7 aliphatic rings. The van der Waals surface area contributed by atoms with Crippen molar-refractivity contribution in [3.8, 4) is 28.0 Å². The van der Waals surface area contributed by atoms with E-state index in [-0.39, 0.29) is 17.7 Å². The van der Waals surface area contributed by atoms with Crippen LogP contribution >= 0.6 is 0 Å². The monoisotopic (exact) mass is 1290 g/mol. The number of benzene rings is 5. The van der Waals surface area contributed by atoms with Gasteiger partial charge < -0.3 is 4.74 Å². The van der Waals surface area contributed by atoms with Crippen LogP contribution in [0.25, 0.3) is 22.3 Å². The van der Waals surface area contributed by atoms with E-state index < -0.39 is 0 Å². The smallest absolute Gasteiger partial charge is 0.314 e. The first kappa shape index (κ1) is 74.2. The van der Waals surface area contributed by atoms with E-state index in [1.54, 1.807) is 11.6 Å². The first-order valence-corrected chi connectivity index (χ1v) is 40.1. The summed E-state index contributed by atoms with van der Waals surface area (Å²) in [5.74, 6) is 12.8. The molecule has 0 aliphatic heterocycles. The fourth-order valence-corrected chi connectivity index (χ4v) is 19.2. The van der Waals surface area contributed by atoms with Crippen LogP contribution in [0, 0.1) is 83.8 Å². The van der Waals surface area contributed by atoms with Gasteiger partial charge in [0.25, 0.3) is 0 Å². The van der Waals surface area contributed by atoms with Crippen LogP contribution in [-0.4, -0.2) is 5.97 Å². The molecule has 0 saturated heterocycles. The van der Waals surface area contributed by atoms with Gasteiger partial charge in [-0.15, -0.1) is 13.2 Å². The average molecular weight is 1290 g/mol. The third kappa shape index (κ3) is 22.8. The van der Waals surface area contributed by atoms with Crippen molar-refractivity contribution in [2.45, 2.75) is 291 Å². The molecule has 0 radical (unpaired) electrons. The number of carbonyl (C=O) groups excluding carboxylic acids is 1. The molecule has 0 unspecified atom stereocenters. The Kier molecular flexibility index (Phi) is 30.9. The molecule has 7 fully saturated rings. The Hall–Kier alpha value is -5.02. The molecule has 0 heterocycles. The molecule has 518 valence electrons. The first-order valence-electron chi connectivity index (χ1n) is 40.1. The lowest BCUT2D eigenvalue weighted by Gasteiger charge is -2.37. The van der Waals surface area contributed by atoms with Gasteiger partial charge in [-0.1, -0.05) is 220 Å². The Morgan fingerprint density at radius 1 is 0.411 bits per heavy atom. The number of rotatable bonds is 20. The van der Waals surface area contributed by atoms with Crippen LogP contribution in [0.5, 0.6) is 5.75 Å². The van der Waals surface area contributed by atoms with Gasteiger partial charge in [0.2, 0.25) is 0 Å². The molecule has 7 aliphatic carbocycles. The second-order valence-electron chi connectivity index (χ2n) is 31.8. The quantitative estimate of drug-likeness (QED) is 0.0441.